The van der Waals surface area contributed by atoms with Crippen LogP contribution < -0.4 is 5.73 Å². The first-order chi connectivity index (χ1) is 8.06. The molecule has 2 heterocycles. The quantitative estimate of drug-likeness (QED) is 0.623. The fourth-order valence-electron chi connectivity index (χ4n) is 1.30. The molecule has 2 aromatic heterocycles. The molecule has 0 saturated heterocycles. The van der Waals surface area contributed by atoms with Gasteiger partial charge in [-0.1, -0.05) is 0 Å². The molecule has 0 aliphatic rings. The Kier molecular flexibility index (Phi) is 3.10. The van der Waals surface area contributed by atoms with Gasteiger partial charge in [0.25, 0.3) is 0 Å². The Balaban J connectivity index is 2.19. The zero-order chi connectivity index (χ0) is 12.4. The maximum Gasteiger partial charge on any atom is 0.143 e. The third kappa shape index (κ3) is 2.62. The van der Waals surface area contributed by atoms with Crippen molar-refractivity contribution >= 4 is 17.6 Å². The number of aryl methyl sites for hydroxylation is 2. The van der Waals surface area contributed by atoms with Crippen molar-refractivity contribution in [2.75, 3.05) is 0 Å². The van der Waals surface area contributed by atoms with Crippen molar-refractivity contribution in [1.82, 2.24) is 19.7 Å². The number of hydrogen-bond acceptors (Lipinski definition) is 5. The molecule has 0 unspecified atom stereocenters. The summed E-state index contributed by atoms with van der Waals surface area (Å²) in [6.45, 7) is 1.94. The molecule has 0 bridgehead atoms. The monoisotopic (exact) mass is 248 g/mol. The number of nitrogens with zero attached hydrogens (tertiary/aromatic N) is 4. The molecule has 2 aromatic rings. The topological polar surface area (TPSA) is 93.5 Å². The highest BCUT2D eigenvalue weighted by Gasteiger charge is 2.06. The van der Waals surface area contributed by atoms with Crippen molar-refractivity contribution in [3.05, 3.63) is 29.8 Å². The van der Waals surface area contributed by atoms with Crippen molar-refractivity contribution in [2.45, 2.75) is 17.0 Å². The van der Waals surface area contributed by atoms with Gasteiger partial charge in [0.05, 0.1) is 18.1 Å². The molecule has 0 saturated carbocycles. The number of nitrogen functional groups attached to an aromatic ring is 1. The summed E-state index contributed by atoms with van der Waals surface area (Å²) in [5.41, 5.74) is 6.65. The van der Waals surface area contributed by atoms with E-state index in [1.54, 1.807) is 10.9 Å². The van der Waals surface area contributed by atoms with Gasteiger partial charge in [-0.05, 0) is 24.8 Å². The minimum atomic E-state index is -0.0783. The van der Waals surface area contributed by atoms with Crippen LogP contribution in [0.3, 0.4) is 0 Å². The van der Waals surface area contributed by atoms with Gasteiger partial charge in [0.1, 0.15) is 21.6 Å². The van der Waals surface area contributed by atoms with Crippen LogP contribution in [0.15, 0.2) is 28.5 Å². The minimum Gasteiger partial charge on any atom is -0.382 e. The second-order valence-corrected chi connectivity index (χ2v) is 4.54. The van der Waals surface area contributed by atoms with Crippen LogP contribution in [0.1, 0.15) is 11.4 Å². The number of nitrogens with one attached hydrogen (secondary N) is 1. The van der Waals surface area contributed by atoms with Crippen molar-refractivity contribution in [3.63, 3.8) is 0 Å². The van der Waals surface area contributed by atoms with Crippen LogP contribution in [0, 0.1) is 12.3 Å². The van der Waals surface area contributed by atoms with Crippen LogP contribution >= 0.6 is 11.8 Å². The van der Waals surface area contributed by atoms with E-state index < -0.39 is 0 Å². The summed E-state index contributed by atoms with van der Waals surface area (Å²) in [5, 5.41) is 13.2. The molecule has 0 aliphatic carbocycles. The van der Waals surface area contributed by atoms with Gasteiger partial charge in [0, 0.05) is 7.05 Å². The fourth-order valence-corrected chi connectivity index (χ4v) is 2.13. The third-order valence-corrected chi connectivity index (χ3v) is 3.08. The molecule has 0 atom stereocenters. The SMILES string of the molecule is Cc1cc(Sc2cnc(C(=N)N)cn2)n(C)n1. The predicted octanol–water partition coefficient (Wildman–Crippen LogP) is 0.954. The summed E-state index contributed by atoms with van der Waals surface area (Å²) in [4.78, 5) is 8.23. The summed E-state index contributed by atoms with van der Waals surface area (Å²) in [7, 11) is 1.88. The highest BCUT2D eigenvalue weighted by molar-refractivity contribution is 7.99. The van der Waals surface area contributed by atoms with Crippen LogP contribution in [0.25, 0.3) is 0 Å². The lowest BCUT2D eigenvalue weighted by molar-refractivity contribution is 0.692. The van der Waals surface area contributed by atoms with E-state index in [4.69, 9.17) is 11.1 Å². The molecule has 88 valence electrons. The highest BCUT2D eigenvalue weighted by Crippen LogP contribution is 2.25. The van der Waals surface area contributed by atoms with Crippen molar-refractivity contribution in [2.24, 2.45) is 12.8 Å². The van der Waals surface area contributed by atoms with Crippen LogP contribution in [0.5, 0.6) is 0 Å². The Morgan fingerprint density at radius 2 is 2.18 bits per heavy atom. The van der Waals surface area contributed by atoms with E-state index in [-0.39, 0.29) is 5.84 Å². The van der Waals surface area contributed by atoms with Crippen LogP contribution in [0.4, 0.5) is 0 Å². The van der Waals surface area contributed by atoms with Gasteiger partial charge in [-0.15, -0.1) is 0 Å². The molecule has 0 aliphatic heterocycles. The molecule has 0 fully saturated rings. The number of aromatic nitrogens is 4. The Morgan fingerprint density at radius 1 is 1.41 bits per heavy atom. The smallest absolute Gasteiger partial charge is 0.143 e. The Labute approximate surface area is 103 Å². The average molecular weight is 248 g/mol. The predicted molar refractivity (Wildman–Crippen MR) is 65.1 cm³/mol. The molecule has 2 rings (SSSR count). The second-order valence-electron chi connectivity index (χ2n) is 3.50. The Bertz CT molecular complexity index is 544. The highest BCUT2D eigenvalue weighted by atomic mass is 32.2. The first-order valence-electron chi connectivity index (χ1n) is 4.91. The lowest BCUT2D eigenvalue weighted by atomic mass is 10.4. The van der Waals surface area contributed by atoms with E-state index in [2.05, 4.69) is 15.1 Å². The Morgan fingerprint density at radius 3 is 2.65 bits per heavy atom. The summed E-state index contributed by atoms with van der Waals surface area (Å²) < 4.78 is 1.79. The van der Waals surface area contributed by atoms with E-state index in [9.17, 15) is 0 Å². The van der Waals surface area contributed by atoms with Gasteiger partial charge in [-0.25, -0.2) is 9.97 Å². The standard InChI is InChI=1S/C10H12N6S/c1-6-3-9(16(2)15-6)17-8-5-13-7(4-14-8)10(11)12/h3-5H,1-2H3,(H3,11,12). The molecule has 3 N–H and O–H groups in total. The third-order valence-electron chi connectivity index (χ3n) is 2.07. The minimum absolute atomic E-state index is 0.0783. The van der Waals surface area contributed by atoms with Crippen molar-refractivity contribution in [3.8, 4) is 0 Å². The van der Waals surface area contributed by atoms with E-state index in [0.717, 1.165) is 15.7 Å². The van der Waals surface area contributed by atoms with Gasteiger partial charge >= 0.3 is 0 Å². The number of amidine groups is 1. The number of hydrogen-bond donors (Lipinski definition) is 2. The summed E-state index contributed by atoms with van der Waals surface area (Å²) in [5.74, 6) is -0.0783. The lowest BCUT2D eigenvalue weighted by Crippen LogP contribution is -2.13. The molecular weight excluding hydrogens is 236 g/mol. The molecule has 17 heavy (non-hydrogen) atoms. The van der Waals surface area contributed by atoms with Gasteiger partial charge in [-0.3, -0.25) is 10.1 Å². The normalized spacial score (nSPS) is 10.5. The van der Waals surface area contributed by atoms with Gasteiger partial charge in [-0.2, -0.15) is 5.10 Å². The van der Waals surface area contributed by atoms with E-state index in [1.807, 2.05) is 20.0 Å². The number of rotatable bonds is 3. The molecular formula is C10H12N6S. The molecule has 0 spiro atoms. The fraction of sp³-hybridized carbons (Fsp3) is 0.200. The molecule has 7 heteroatoms. The zero-order valence-electron chi connectivity index (χ0n) is 9.51. The van der Waals surface area contributed by atoms with Crippen LogP contribution in [0.2, 0.25) is 0 Å². The van der Waals surface area contributed by atoms with E-state index in [1.165, 1.54) is 18.0 Å². The van der Waals surface area contributed by atoms with E-state index in [0.29, 0.717) is 5.69 Å². The maximum atomic E-state index is 7.22. The molecule has 0 radical (unpaired) electrons. The van der Waals surface area contributed by atoms with Crippen molar-refractivity contribution in [1.29, 1.82) is 5.41 Å². The van der Waals surface area contributed by atoms with Gasteiger partial charge in [0.2, 0.25) is 0 Å². The molecule has 0 amide bonds. The Hall–Kier alpha value is -1.89. The van der Waals surface area contributed by atoms with Crippen molar-refractivity contribution < 1.29 is 0 Å². The lowest BCUT2D eigenvalue weighted by Gasteiger charge is -2.01. The zero-order valence-corrected chi connectivity index (χ0v) is 10.3. The summed E-state index contributed by atoms with van der Waals surface area (Å²) >= 11 is 1.47. The van der Waals surface area contributed by atoms with E-state index >= 15 is 0 Å². The van der Waals surface area contributed by atoms with Gasteiger partial charge in [0.15, 0.2) is 0 Å². The largest absolute Gasteiger partial charge is 0.382 e. The molecule has 6 nitrogen and oxygen atoms in total. The maximum absolute atomic E-state index is 7.22. The van der Waals surface area contributed by atoms with Gasteiger partial charge < -0.3 is 5.73 Å². The molecule has 0 aromatic carbocycles. The number of nitrogens with two attached hydrogens (primary N) is 1. The summed E-state index contributed by atoms with van der Waals surface area (Å²) in [6.07, 6.45) is 3.09. The second kappa shape index (κ2) is 4.54. The van der Waals surface area contributed by atoms with Crippen LogP contribution in [-0.4, -0.2) is 25.6 Å². The first kappa shape index (κ1) is 11.6. The van der Waals surface area contributed by atoms with Crippen LogP contribution in [-0.2, 0) is 7.05 Å². The average Bonchev–Trinajstić information content (AvgIpc) is 2.58. The summed E-state index contributed by atoms with van der Waals surface area (Å²) in [6, 6.07) is 1.98. The first-order valence-corrected chi connectivity index (χ1v) is 5.73.